The molecule has 0 amide bonds. The van der Waals surface area contributed by atoms with Crippen LogP contribution in [0.4, 0.5) is 5.82 Å². The van der Waals surface area contributed by atoms with Gasteiger partial charge in [0.1, 0.15) is 5.82 Å². The lowest BCUT2D eigenvalue weighted by Gasteiger charge is -2.25. The number of hydrogen-bond donors (Lipinski definition) is 1. The monoisotopic (exact) mass is 347 g/mol. The first-order chi connectivity index (χ1) is 10.1. The zero-order valence-electron chi connectivity index (χ0n) is 11.2. The Kier molecular flexibility index (Phi) is 3.88. The van der Waals surface area contributed by atoms with Crippen molar-refractivity contribution in [2.24, 2.45) is 0 Å². The van der Waals surface area contributed by atoms with E-state index in [2.05, 4.69) is 42.9 Å². The van der Waals surface area contributed by atoms with Gasteiger partial charge in [-0.05, 0) is 30.5 Å². The lowest BCUT2D eigenvalue weighted by atomic mass is 10.0. The summed E-state index contributed by atoms with van der Waals surface area (Å²) in [6.07, 6.45) is 5.00. The van der Waals surface area contributed by atoms with Gasteiger partial charge in [0.05, 0.1) is 18.4 Å². The molecule has 1 fully saturated rings. The van der Waals surface area contributed by atoms with Gasteiger partial charge in [-0.2, -0.15) is 0 Å². The topological polar surface area (TPSA) is 66.3 Å². The van der Waals surface area contributed by atoms with E-state index in [1.807, 2.05) is 12.1 Å². The minimum atomic E-state index is -1.06. The van der Waals surface area contributed by atoms with Gasteiger partial charge in [-0.25, -0.2) is 14.8 Å². The average Bonchev–Trinajstić information content (AvgIpc) is 2.97. The number of carboxylic acid groups (broad SMARTS) is 1. The molecule has 1 aliphatic rings. The Morgan fingerprint density at radius 1 is 1.24 bits per heavy atom. The van der Waals surface area contributed by atoms with Gasteiger partial charge in [0.2, 0.25) is 0 Å². The Bertz CT molecular complexity index is 643. The second-order valence-corrected chi connectivity index (χ2v) is 5.88. The minimum Gasteiger partial charge on any atom is -0.476 e. The van der Waals surface area contributed by atoms with Crippen LogP contribution in [-0.4, -0.2) is 27.6 Å². The highest BCUT2D eigenvalue weighted by molar-refractivity contribution is 9.10. The minimum absolute atomic E-state index is 0.0295. The van der Waals surface area contributed by atoms with Gasteiger partial charge in [-0.15, -0.1) is 0 Å². The maximum Gasteiger partial charge on any atom is 0.356 e. The molecular formula is C15H14BrN3O2. The second kappa shape index (κ2) is 5.81. The van der Waals surface area contributed by atoms with E-state index < -0.39 is 5.97 Å². The Balaban J connectivity index is 1.86. The molecule has 0 bridgehead atoms. The molecule has 1 aromatic carbocycles. The van der Waals surface area contributed by atoms with Crippen molar-refractivity contribution in [3.63, 3.8) is 0 Å². The smallest absolute Gasteiger partial charge is 0.356 e. The van der Waals surface area contributed by atoms with Gasteiger partial charge < -0.3 is 10.0 Å². The highest BCUT2D eigenvalue weighted by atomic mass is 79.9. The van der Waals surface area contributed by atoms with Crippen LogP contribution in [0, 0.1) is 0 Å². The first-order valence-electron chi connectivity index (χ1n) is 6.72. The quantitative estimate of drug-likeness (QED) is 0.922. The zero-order chi connectivity index (χ0) is 14.8. The van der Waals surface area contributed by atoms with Crippen molar-refractivity contribution in [1.82, 2.24) is 9.97 Å². The average molecular weight is 348 g/mol. The lowest BCUT2D eigenvalue weighted by Crippen LogP contribution is -2.24. The zero-order valence-corrected chi connectivity index (χ0v) is 12.8. The molecule has 0 saturated carbocycles. The Morgan fingerprint density at radius 3 is 2.62 bits per heavy atom. The number of carboxylic acids is 1. The lowest BCUT2D eigenvalue weighted by molar-refractivity contribution is 0.0690. The summed E-state index contributed by atoms with van der Waals surface area (Å²) in [6.45, 7) is 0.905. The Hall–Kier alpha value is -1.95. The Morgan fingerprint density at radius 2 is 2.00 bits per heavy atom. The molecule has 1 N–H and O–H groups in total. The molecule has 0 aliphatic carbocycles. The van der Waals surface area contributed by atoms with Crippen molar-refractivity contribution >= 4 is 27.7 Å². The molecule has 3 rings (SSSR count). The van der Waals surface area contributed by atoms with E-state index >= 15 is 0 Å². The van der Waals surface area contributed by atoms with E-state index in [4.69, 9.17) is 5.11 Å². The SMILES string of the molecule is O=C(O)c1cnc(N2CCCC2c2ccc(Br)cc2)cn1. The summed E-state index contributed by atoms with van der Waals surface area (Å²) >= 11 is 3.44. The normalized spacial score (nSPS) is 18.0. The van der Waals surface area contributed by atoms with Gasteiger partial charge in [0.15, 0.2) is 5.69 Å². The van der Waals surface area contributed by atoms with Gasteiger partial charge in [-0.3, -0.25) is 0 Å². The van der Waals surface area contributed by atoms with E-state index in [9.17, 15) is 4.79 Å². The number of rotatable bonds is 3. The maximum atomic E-state index is 10.8. The molecule has 6 heteroatoms. The number of benzene rings is 1. The van der Waals surface area contributed by atoms with Crippen LogP contribution in [0.3, 0.4) is 0 Å². The number of aromatic carboxylic acids is 1. The van der Waals surface area contributed by atoms with Crippen LogP contribution in [0.5, 0.6) is 0 Å². The highest BCUT2D eigenvalue weighted by Crippen LogP contribution is 2.35. The van der Waals surface area contributed by atoms with Crippen molar-refractivity contribution in [2.75, 3.05) is 11.4 Å². The molecule has 1 atom stereocenters. The summed E-state index contributed by atoms with van der Waals surface area (Å²) in [4.78, 5) is 21.2. The molecule has 0 radical (unpaired) electrons. The van der Waals surface area contributed by atoms with Crippen LogP contribution in [0.15, 0.2) is 41.1 Å². The molecule has 2 heterocycles. The molecule has 2 aromatic rings. The van der Waals surface area contributed by atoms with E-state index in [0.29, 0.717) is 0 Å². The van der Waals surface area contributed by atoms with Crippen LogP contribution < -0.4 is 4.90 Å². The fourth-order valence-corrected chi connectivity index (χ4v) is 2.92. The maximum absolute atomic E-state index is 10.8. The van der Waals surface area contributed by atoms with Gasteiger partial charge in [-0.1, -0.05) is 28.1 Å². The molecular weight excluding hydrogens is 334 g/mol. The van der Waals surface area contributed by atoms with Crippen molar-refractivity contribution in [3.8, 4) is 0 Å². The fourth-order valence-electron chi connectivity index (χ4n) is 2.65. The van der Waals surface area contributed by atoms with Crippen LogP contribution in [0.25, 0.3) is 0 Å². The highest BCUT2D eigenvalue weighted by Gasteiger charge is 2.27. The Labute approximate surface area is 130 Å². The number of nitrogens with zero attached hydrogens (tertiary/aromatic N) is 3. The molecule has 0 spiro atoms. The van der Waals surface area contributed by atoms with E-state index in [1.165, 1.54) is 11.8 Å². The van der Waals surface area contributed by atoms with Crippen LogP contribution in [0.1, 0.15) is 34.9 Å². The summed E-state index contributed by atoms with van der Waals surface area (Å²) in [6, 6.07) is 8.54. The van der Waals surface area contributed by atoms with Crippen LogP contribution in [0.2, 0.25) is 0 Å². The predicted molar refractivity (Wildman–Crippen MR) is 82.5 cm³/mol. The molecule has 1 saturated heterocycles. The number of halogens is 1. The van der Waals surface area contributed by atoms with Crippen LogP contribution >= 0.6 is 15.9 Å². The first kappa shape index (κ1) is 14.0. The van der Waals surface area contributed by atoms with Crippen LogP contribution in [-0.2, 0) is 0 Å². The van der Waals surface area contributed by atoms with Gasteiger partial charge in [0, 0.05) is 11.0 Å². The molecule has 1 unspecified atom stereocenters. The number of hydrogen-bond acceptors (Lipinski definition) is 4. The van der Waals surface area contributed by atoms with Crippen molar-refractivity contribution < 1.29 is 9.90 Å². The van der Waals surface area contributed by atoms with E-state index in [-0.39, 0.29) is 11.7 Å². The van der Waals surface area contributed by atoms with Crippen molar-refractivity contribution in [2.45, 2.75) is 18.9 Å². The van der Waals surface area contributed by atoms with Crippen molar-refractivity contribution in [1.29, 1.82) is 0 Å². The fraction of sp³-hybridized carbons (Fsp3) is 0.267. The molecule has 1 aliphatic heterocycles. The number of carbonyl (C=O) groups is 1. The summed E-state index contributed by atoms with van der Waals surface area (Å²) in [5.41, 5.74) is 1.21. The second-order valence-electron chi connectivity index (χ2n) is 4.97. The van der Waals surface area contributed by atoms with Gasteiger partial charge >= 0.3 is 5.97 Å². The first-order valence-corrected chi connectivity index (χ1v) is 7.52. The summed E-state index contributed by atoms with van der Waals surface area (Å²) in [5, 5.41) is 8.88. The largest absolute Gasteiger partial charge is 0.476 e. The standard InChI is InChI=1S/C15H14BrN3O2/c16-11-5-3-10(4-6-11)13-2-1-7-19(13)14-9-17-12(8-18-14)15(20)21/h3-6,8-9,13H,1-2,7H2,(H,20,21). The third-order valence-electron chi connectivity index (χ3n) is 3.66. The number of anilines is 1. The van der Waals surface area contributed by atoms with Crippen molar-refractivity contribution in [3.05, 3.63) is 52.4 Å². The third-order valence-corrected chi connectivity index (χ3v) is 4.19. The van der Waals surface area contributed by atoms with E-state index in [0.717, 1.165) is 29.7 Å². The number of aromatic nitrogens is 2. The summed E-state index contributed by atoms with van der Waals surface area (Å²) in [7, 11) is 0. The predicted octanol–water partition coefficient (Wildman–Crippen LogP) is 3.28. The van der Waals surface area contributed by atoms with Gasteiger partial charge in [0.25, 0.3) is 0 Å². The molecule has 108 valence electrons. The summed E-state index contributed by atoms with van der Waals surface area (Å²) in [5.74, 6) is -0.328. The summed E-state index contributed by atoms with van der Waals surface area (Å²) < 4.78 is 1.06. The molecule has 21 heavy (non-hydrogen) atoms. The molecule has 5 nitrogen and oxygen atoms in total. The van der Waals surface area contributed by atoms with E-state index in [1.54, 1.807) is 6.20 Å². The molecule has 1 aromatic heterocycles. The third kappa shape index (κ3) is 2.90.